The molecule has 0 fully saturated rings. The van der Waals surface area contributed by atoms with Gasteiger partial charge >= 0.3 is 0 Å². The highest BCUT2D eigenvalue weighted by atomic mass is 32.1. The van der Waals surface area contributed by atoms with Crippen LogP contribution < -0.4 is 5.32 Å². The average Bonchev–Trinajstić information content (AvgIpc) is 3.06. The van der Waals surface area contributed by atoms with Gasteiger partial charge in [0, 0.05) is 25.4 Å². The summed E-state index contributed by atoms with van der Waals surface area (Å²) in [7, 11) is 1.89. The third-order valence-electron chi connectivity index (χ3n) is 3.18. The van der Waals surface area contributed by atoms with E-state index in [2.05, 4.69) is 38.7 Å². The first-order chi connectivity index (χ1) is 9.69. The Morgan fingerprint density at radius 1 is 1.35 bits per heavy atom. The van der Waals surface area contributed by atoms with Gasteiger partial charge in [0.25, 0.3) is 0 Å². The van der Waals surface area contributed by atoms with E-state index in [0.29, 0.717) is 12.5 Å². The molecule has 3 rings (SSSR count). The Labute approximate surface area is 121 Å². The zero-order chi connectivity index (χ0) is 14.1. The lowest BCUT2D eigenvalue weighted by molar-refractivity contribution is 0.652. The van der Waals surface area contributed by atoms with Gasteiger partial charge in [0.1, 0.15) is 16.5 Å². The van der Waals surface area contributed by atoms with E-state index in [1.54, 1.807) is 11.3 Å². The molecule has 0 radical (unpaired) electrons. The van der Waals surface area contributed by atoms with E-state index in [1.165, 1.54) is 0 Å². The lowest BCUT2D eigenvalue weighted by atomic mass is 10.2. The minimum Gasteiger partial charge on any atom is -0.372 e. The predicted molar refractivity (Wildman–Crippen MR) is 82.4 cm³/mol. The van der Waals surface area contributed by atoms with Gasteiger partial charge in [-0.1, -0.05) is 13.8 Å². The summed E-state index contributed by atoms with van der Waals surface area (Å²) >= 11 is 1.64. The van der Waals surface area contributed by atoms with Crippen LogP contribution in [-0.4, -0.2) is 26.6 Å². The maximum Gasteiger partial charge on any atom is 0.152 e. The zero-order valence-electron chi connectivity index (χ0n) is 11.8. The maximum atomic E-state index is 4.64. The van der Waals surface area contributed by atoms with Crippen LogP contribution in [0.25, 0.3) is 10.2 Å². The smallest absolute Gasteiger partial charge is 0.152 e. The summed E-state index contributed by atoms with van der Waals surface area (Å²) in [5.41, 5.74) is 0. The molecule has 0 saturated carbocycles. The molecule has 0 saturated heterocycles. The number of nitrogens with zero attached hydrogens (tertiary/aromatic N) is 4. The maximum absolute atomic E-state index is 4.64. The molecular formula is C14H17N5S. The highest BCUT2D eigenvalue weighted by Crippen LogP contribution is 2.25. The zero-order valence-corrected chi connectivity index (χ0v) is 12.6. The second-order valence-corrected chi connectivity index (χ2v) is 5.84. The number of rotatable bonds is 4. The molecule has 3 heterocycles. The van der Waals surface area contributed by atoms with E-state index in [4.69, 9.17) is 0 Å². The Morgan fingerprint density at radius 3 is 2.95 bits per heavy atom. The van der Waals surface area contributed by atoms with Crippen molar-refractivity contribution in [2.45, 2.75) is 26.3 Å². The monoisotopic (exact) mass is 287 g/mol. The number of hydrogen-bond donors (Lipinski definition) is 1. The van der Waals surface area contributed by atoms with Crippen molar-refractivity contribution in [3.05, 3.63) is 35.5 Å². The van der Waals surface area contributed by atoms with Crippen LogP contribution in [0.5, 0.6) is 0 Å². The molecule has 0 aliphatic carbocycles. The molecule has 6 heteroatoms. The lowest BCUT2D eigenvalue weighted by Gasteiger charge is -2.10. The first-order valence-corrected chi connectivity index (χ1v) is 7.50. The molecule has 0 aliphatic heterocycles. The number of thiophene rings is 1. The van der Waals surface area contributed by atoms with Crippen LogP contribution in [-0.2, 0) is 6.54 Å². The molecule has 0 aromatic carbocycles. The minimum atomic E-state index is 0.388. The Hall–Kier alpha value is -1.95. The summed E-state index contributed by atoms with van der Waals surface area (Å²) in [6, 6.07) is 2.05. The van der Waals surface area contributed by atoms with Crippen LogP contribution in [0.1, 0.15) is 31.4 Å². The topological polar surface area (TPSA) is 55.6 Å². The summed E-state index contributed by atoms with van der Waals surface area (Å²) in [4.78, 5) is 14.7. The van der Waals surface area contributed by atoms with Gasteiger partial charge in [-0.3, -0.25) is 0 Å². The molecule has 0 atom stereocenters. The fourth-order valence-electron chi connectivity index (χ4n) is 2.27. The van der Waals surface area contributed by atoms with Gasteiger partial charge in [0.05, 0.1) is 11.9 Å². The van der Waals surface area contributed by atoms with Crippen molar-refractivity contribution in [2.24, 2.45) is 0 Å². The number of fused-ring (bicyclic) bond motifs is 1. The third kappa shape index (κ3) is 2.27. The van der Waals surface area contributed by atoms with Crippen LogP contribution in [0.2, 0.25) is 0 Å². The number of aromatic nitrogens is 4. The molecule has 0 bridgehead atoms. The van der Waals surface area contributed by atoms with E-state index >= 15 is 0 Å². The summed E-state index contributed by atoms with van der Waals surface area (Å²) < 4.78 is 2.11. The molecule has 0 aliphatic rings. The van der Waals surface area contributed by atoms with Crippen LogP contribution in [0.4, 0.5) is 5.82 Å². The SMILES string of the molecule is CNc1nc(Cn2ccnc2C(C)C)nc2sccc12. The number of anilines is 1. The molecule has 1 N–H and O–H groups in total. The van der Waals surface area contributed by atoms with Gasteiger partial charge in [-0.05, 0) is 11.4 Å². The number of imidazole rings is 1. The molecular weight excluding hydrogens is 270 g/mol. The fourth-order valence-corrected chi connectivity index (χ4v) is 3.05. The van der Waals surface area contributed by atoms with Crippen molar-refractivity contribution >= 4 is 27.4 Å². The standard InChI is InChI=1S/C14H17N5S/c1-9(2)13-16-5-6-19(13)8-11-17-12(15-3)10-4-7-20-14(10)18-11/h4-7,9H,8H2,1-3H3,(H,15,17,18). The lowest BCUT2D eigenvalue weighted by Crippen LogP contribution is -2.09. The molecule has 0 spiro atoms. The van der Waals surface area contributed by atoms with E-state index in [1.807, 2.05) is 30.9 Å². The molecule has 3 aromatic rings. The summed E-state index contributed by atoms with van der Waals surface area (Å²) in [5, 5.41) is 6.27. The van der Waals surface area contributed by atoms with E-state index < -0.39 is 0 Å². The Morgan fingerprint density at radius 2 is 2.20 bits per heavy atom. The van der Waals surface area contributed by atoms with Gasteiger partial charge in [0.2, 0.25) is 0 Å². The predicted octanol–water partition coefficient (Wildman–Crippen LogP) is 3.10. The Balaban J connectivity index is 2.00. The molecule has 0 unspecified atom stereocenters. The molecule has 0 amide bonds. The van der Waals surface area contributed by atoms with Crippen LogP contribution >= 0.6 is 11.3 Å². The highest BCUT2D eigenvalue weighted by molar-refractivity contribution is 7.16. The summed E-state index contributed by atoms with van der Waals surface area (Å²) in [6.07, 6.45) is 3.81. The third-order valence-corrected chi connectivity index (χ3v) is 3.99. The highest BCUT2D eigenvalue weighted by Gasteiger charge is 2.11. The second-order valence-electron chi connectivity index (χ2n) is 4.95. The summed E-state index contributed by atoms with van der Waals surface area (Å²) in [5.74, 6) is 3.15. The second kappa shape index (κ2) is 5.20. The first-order valence-electron chi connectivity index (χ1n) is 6.62. The van der Waals surface area contributed by atoms with Crippen molar-refractivity contribution in [3.8, 4) is 0 Å². The average molecular weight is 287 g/mol. The van der Waals surface area contributed by atoms with Crippen LogP contribution in [0.15, 0.2) is 23.8 Å². The molecule has 3 aromatic heterocycles. The van der Waals surface area contributed by atoms with E-state index in [9.17, 15) is 0 Å². The van der Waals surface area contributed by atoms with Crippen LogP contribution in [0, 0.1) is 0 Å². The van der Waals surface area contributed by atoms with E-state index in [-0.39, 0.29) is 0 Å². The quantitative estimate of drug-likeness (QED) is 0.801. The first kappa shape index (κ1) is 13.1. The number of hydrogen-bond acceptors (Lipinski definition) is 5. The van der Waals surface area contributed by atoms with Crippen molar-refractivity contribution in [1.29, 1.82) is 0 Å². The normalized spacial score (nSPS) is 11.4. The minimum absolute atomic E-state index is 0.388. The fraction of sp³-hybridized carbons (Fsp3) is 0.357. The molecule has 104 valence electrons. The van der Waals surface area contributed by atoms with Crippen molar-refractivity contribution < 1.29 is 0 Å². The Bertz CT molecular complexity index is 728. The number of nitrogens with one attached hydrogen (secondary N) is 1. The van der Waals surface area contributed by atoms with Crippen LogP contribution in [0.3, 0.4) is 0 Å². The Kier molecular flexibility index (Phi) is 3.40. The van der Waals surface area contributed by atoms with E-state index in [0.717, 1.165) is 27.7 Å². The van der Waals surface area contributed by atoms with Crippen molar-refractivity contribution in [1.82, 2.24) is 19.5 Å². The van der Waals surface area contributed by atoms with Crippen molar-refractivity contribution in [2.75, 3.05) is 12.4 Å². The molecule has 20 heavy (non-hydrogen) atoms. The molecule has 5 nitrogen and oxygen atoms in total. The van der Waals surface area contributed by atoms with Crippen molar-refractivity contribution in [3.63, 3.8) is 0 Å². The van der Waals surface area contributed by atoms with Gasteiger partial charge in [0.15, 0.2) is 5.82 Å². The summed E-state index contributed by atoms with van der Waals surface area (Å²) in [6.45, 7) is 4.93. The van der Waals surface area contributed by atoms with Gasteiger partial charge in [-0.2, -0.15) is 0 Å². The van der Waals surface area contributed by atoms with Gasteiger partial charge < -0.3 is 9.88 Å². The van der Waals surface area contributed by atoms with Gasteiger partial charge in [-0.15, -0.1) is 11.3 Å². The largest absolute Gasteiger partial charge is 0.372 e. The van der Waals surface area contributed by atoms with Gasteiger partial charge in [-0.25, -0.2) is 15.0 Å².